The van der Waals surface area contributed by atoms with Gasteiger partial charge in [0.15, 0.2) is 0 Å². The third-order valence-corrected chi connectivity index (χ3v) is 4.73. The fourth-order valence-electron chi connectivity index (χ4n) is 3.35. The van der Waals surface area contributed by atoms with E-state index in [1.54, 1.807) is 0 Å². The van der Waals surface area contributed by atoms with Crippen molar-refractivity contribution in [1.29, 1.82) is 0 Å². The number of nitrogens with zero attached hydrogens (tertiary/aromatic N) is 2. The lowest BCUT2D eigenvalue weighted by Crippen LogP contribution is -2.53. The molecule has 0 aromatic rings. The van der Waals surface area contributed by atoms with E-state index in [0.717, 1.165) is 31.8 Å². The summed E-state index contributed by atoms with van der Waals surface area (Å²) in [4.78, 5) is 5.01. The number of hydrogen-bond donors (Lipinski definition) is 0. The fraction of sp³-hybridized carbons (Fsp3) is 1.00. The van der Waals surface area contributed by atoms with Gasteiger partial charge in [-0.3, -0.25) is 0 Å². The molecule has 2 nitrogen and oxygen atoms in total. The van der Waals surface area contributed by atoms with Crippen molar-refractivity contribution in [3.8, 4) is 0 Å². The first kappa shape index (κ1) is 14.3. The topological polar surface area (TPSA) is 6.48 Å². The van der Waals surface area contributed by atoms with Gasteiger partial charge in [-0.05, 0) is 44.8 Å². The highest BCUT2D eigenvalue weighted by Crippen LogP contribution is 2.27. The number of rotatable bonds is 6. The maximum atomic E-state index is 13.7. The summed E-state index contributed by atoms with van der Waals surface area (Å²) in [7, 11) is 0. The van der Waals surface area contributed by atoms with Gasteiger partial charge >= 0.3 is 0 Å². The molecule has 2 aliphatic rings. The van der Waals surface area contributed by atoms with Crippen LogP contribution in [0.25, 0.3) is 0 Å². The second-order valence-corrected chi connectivity index (χ2v) is 6.16. The summed E-state index contributed by atoms with van der Waals surface area (Å²) in [5.41, 5.74) is 0. The summed E-state index contributed by atoms with van der Waals surface area (Å²) >= 11 is 0. The van der Waals surface area contributed by atoms with Crippen LogP contribution < -0.4 is 0 Å². The van der Waals surface area contributed by atoms with E-state index in [-0.39, 0.29) is 0 Å². The molecule has 2 heterocycles. The summed E-state index contributed by atoms with van der Waals surface area (Å²) in [6.07, 6.45) is 3.86. The van der Waals surface area contributed by atoms with Crippen molar-refractivity contribution >= 4 is 0 Å². The zero-order chi connectivity index (χ0) is 13.0. The summed E-state index contributed by atoms with van der Waals surface area (Å²) in [5.74, 6) is 1.19. The Bertz CT molecular complexity index is 233. The second-order valence-electron chi connectivity index (χ2n) is 6.16. The van der Waals surface area contributed by atoms with E-state index in [2.05, 4.69) is 23.6 Å². The van der Waals surface area contributed by atoms with Crippen LogP contribution in [-0.4, -0.2) is 55.2 Å². The van der Waals surface area contributed by atoms with Gasteiger partial charge in [0, 0.05) is 25.6 Å². The van der Waals surface area contributed by atoms with Crippen LogP contribution in [0.5, 0.6) is 0 Å². The molecule has 2 saturated heterocycles. The maximum Gasteiger partial charge on any atom is 0.105 e. The van der Waals surface area contributed by atoms with Crippen LogP contribution >= 0.6 is 0 Å². The largest absolute Gasteiger partial charge is 0.304 e. The first-order valence-corrected chi connectivity index (χ1v) is 7.81. The second kappa shape index (κ2) is 6.85. The number of likely N-dealkylation sites (tertiary alicyclic amines) is 2. The highest BCUT2D eigenvalue weighted by Gasteiger charge is 2.34. The lowest BCUT2D eigenvalue weighted by molar-refractivity contribution is 0.0160. The first-order chi connectivity index (χ1) is 8.72. The number of alkyl halides is 1. The summed E-state index contributed by atoms with van der Waals surface area (Å²) in [6.45, 7) is 11.3. The lowest BCUT2D eigenvalue weighted by atomic mass is 9.89. The average Bonchev–Trinajstić information content (AvgIpc) is 2.34. The Morgan fingerprint density at radius 1 is 1.11 bits per heavy atom. The molecule has 0 bridgehead atoms. The van der Waals surface area contributed by atoms with E-state index < -0.39 is 6.17 Å². The normalized spacial score (nSPS) is 26.2. The molecule has 0 amide bonds. The van der Waals surface area contributed by atoms with Crippen LogP contribution in [0.15, 0.2) is 0 Å². The third kappa shape index (κ3) is 3.67. The van der Waals surface area contributed by atoms with Gasteiger partial charge in [0.05, 0.1) is 0 Å². The minimum absolute atomic E-state index is 0.334. The molecule has 0 radical (unpaired) electrons. The van der Waals surface area contributed by atoms with Crippen molar-refractivity contribution in [3.63, 3.8) is 0 Å². The molecule has 0 saturated carbocycles. The van der Waals surface area contributed by atoms with Crippen LogP contribution in [0.1, 0.15) is 39.5 Å². The molecule has 2 fully saturated rings. The Hall–Kier alpha value is -0.150. The number of hydrogen-bond acceptors (Lipinski definition) is 2. The van der Waals surface area contributed by atoms with Crippen molar-refractivity contribution in [2.75, 3.05) is 39.3 Å². The predicted octanol–water partition coefficient (Wildman–Crippen LogP) is 2.79. The standard InChI is InChI=1S/C15H29FN2/c1-3-5-15(16)14-11-18(12-14)10-13-6-8-17(4-2)9-7-13/h13-15H,3-12H2,1-2H3/t15-/m1/s1. The molecule has 106 valence electrons. The minimum atomic E-state index is -0.548. The van der Waals surface area contributed by atoms with Crippen LogP contribution in [0.3, 0.4) is 0 Å². The molecule has 1 atom stereocenters. The molecule has 0 unspecified atom stereocenters. The number of piperidine rings is 1. The Morgan fingerprint density at radius 2 is 1.78 bits per heavy atom. The van der Waals surface area contributed by atoms with Gasteiger partial charge in [-0.15, -0.1) is 0 Å². The molecule has 18 heavy (non-hydrogen) atoms. The van der Waals surface area contributed by atoms with Gasteiger partial charge in [-0.25, -0.2) is 4.39 Å². The third-order valence-electron chi connectivity index (χ3n) is 4.73. The Kier molecular flexibility index (Phi) is 5.43. The summed E-state index contributed by atoms with van der Waals surface area (Å²) in [5, 5.41) is 0. The van der Waals surface area contributed by atoms with Gasteiger partial charge in [0.25, 0.3) is 0 Å². The van der Waals surface area contributed by atoms with E-state index in [9.17, 15) is 4.39 Å². The van der Waals surface area contributed by atoms with E-state index in [4.69, 9.17) is 0 Å². The molecule has 2 rings (SSSR count). The molecule has 2 aliphatic heterocycles. The Morgan fingerprint density at radius 3 is 2.33 bits per heavy atom. The molecule has 0 aliphatic carbocycles. The van der Waals surface area contributed by atoms with Crippen LogP contribution in [0.4, 0.5) is 4.39 Å². The Labute approximate surface area is 112 Å². The van der Waals surface area contributed by atoms with Crippen molar-refractivity contribution in [2.45, 2.75) is 45.7 Å². The average molecular weight is 256 g/mol. The predicted molar refractivity (Wildman–Crippen MR) is 74.6 cm³/mol. The van der Waals surface area contributed by atoms with Crippen molar-refractivity contribution in [2.24, 2.45) is 11.8 Å². The Balaban J connectivity index is 1.60. The summed E-state index contributed by atoms with van der Waals surface area (Å²) < 4.78 is 13.7. The first-order valence-electron chi connectivity index (χ1n) is 7.81. The molecule has 0 aromatic heterocycles. The molecular weight excluding hydrogens is 227 g/mol. The number of halogens is 1. The molecule has 0 aromatic carbocycles. The monoisotopic (exact) mass is 256 g/mol. The zero-order valence-electron chi connectivity index (χ0n) is 12.1. The van der Waals surface area contributed by atoms with Gasteiger partial charge in [-0.2, -0.15) is 0 Å². The quantitative estimate of drug-likeness (QED) is 0.721. The summed E-state index contributed by atoms with van der Waals surface area (Å²) in [6, 6.07) is 0. The molecule has 3 heteroatoms. The molecule has 0 N–H and O–H groups in total. The van der Waals surface area contributed by atoms with Crippen molar-refractivity contribution < 1.29 is 4.39 Å². The van der Waals surface area contributed by atoms with Crippen LogP contribution in [0, 0.1) is 11.8 Å². The smallest absolute Gasteiger partial charge is 0.105 e. The van der Waals surface area contributed by atoms with Crippen LogP contribution in [-0.2, 0) is 0 Å². The van der Waals surface area contributed by atoms with Gasteiger partial charge in [-0.1, -0.05) is 20.3 Å². The fourth-order valence-corrected chi connectivity index (χ4v) is 3.35. The minimum Gasteiger partial charge on any atom is -0.304 e. The van der Waals surface area contributed by atoms with E-state index in [0.29, 0.717) is 5.92 Å². The zero-order valence-corrected chi connectivity index (χ0v) is 12.1. The molecule has 0 spiro atoms. The van der Waals surface area contributed by atoms with E-state index in [1.807, 2.05) is 0 Å². The van der Waals surface area contributed by atoms with E-state index in [1.165, 1.54) is 39.0 Å². The van der Waals surface area contributed by atoms with Crippen molar-refractivity contribution in [1.82, 2.24) is 9.80 Å². The highest BCUT2D eigenvalue weighted by atomic mass is 19.1. The van der Waals surface area contributed by atoms with Gasteiger partial charge in [0.1, 0.15) is 6.17 Å². The highest BCUT2D eigenvalue weighted by molar-refractivity contribution is 4.87. The van der Waals surface area contributed by atoms with Gasteiger partial charge in [0.2, 0.25) is 0 Å². The van der Waals surface area contributed by atoms with Crippen LogP contribution in [0.2, 0.25) is 0 Å². The SMILES string of the molecule is CCC[C@@H](F)C1CN(CC2CCN(CC)CC2)C1. The maximum absolute atomic E-state index is 13.7. The van der Waals surface area contributed by atoms with Crippen molar-refractivity contribution in [3.05, 3.63) is 0 Å². The van der Waals surface area contributed by atoms with E-state index >= 15 is 0 Å². The van der Waals surface area contributed by atoms with Gasteiger partial charge < -0.3 is 9.80 Å². The lowest BCUT2D eigenvalue weighted by Gasteiger charge is -2.44. The molecular formula is C15H29FN2.